The number of furan rings is 1. The van der Waals surface area contributed by atoms with Crippen molar-refractivity contribution in [2.45, 2.75) is 32.2 Å². The van der Waals surface area contributed by atoms with Crippen molar-refractivity contribution >= 4 is 10.0 Å². The minimum atomic E-state index is -3.45. The molecule has 0 radical (unpaired) electrons. The van der Waals surface area contributed by atoms with Gasteiger partial charge in [0.2, 0.25) is 10.0 Å². The van der Waals surface area contributed by atoms with Crippen molar-refractivity contribution in [2.75, 3.05) is 0 Å². The van der Waals surface area contributed by atoms with E-state index < -0.39 is 16.1 Å². The maximum absolute atomic E-state index is 12.2. The molecule has 2 rings (SSSR count). The van der Waals surface area contributed by atoms with Crippen LogP contribution in [0, 0.1) is 6.92 Å². The van der Waals surface area contributed by atoms with Gasteiger partial charge in [-0.1, -0.05) is 24.3 Å². The number of hydrogen-bond donors (Lipinski definition) is 2. The van der Waals surface area contributed by atoms with Crippen LogP contribution in [0.4, 0.5) is 0 Å². The standard InChI is InChI=1S/C15H20N2O3S/c1-11-6-7-15(20-11)12(2)17-21(18,19)10-14-5-3-4-13(8-14)9-16/h3-8,12,17H,9-10,16H2,1-2H3. The third kappa shape index (κ3) is 4.42. The van der Waals surface area contributed by atoms with Crippen molar-refractivity contribution in [3.63, 3.8) is 0 Å². The van der Waals surface area contributed by atoms with E-state index in [0.717, 1.165) is 11.3 Å². The summed E-state index contributed by atoms with van der Waals surface area (Å²) in [4.78, 5) is 0. The summed E-state index contributed by atoms with van der Waals surface area (Å²) < 4.78 is 32.5. The molecule has 0 amide bonds. The normalized spacial score (nSPS) is 13.3. The second kappa shape index (κ2) is 6.43. The van der Waals surface area contributed by atoms with Gasteiger partial charge in [-0.3, -0.25) is 0 Å². The van der Waals surface area contributed by atoms with Crippen LogP contribution in [0.5, 0.6) is 0 Å². The Morgan fingerprint density at radius 1 is 1.24 bits per heavy atom. The molecule has 0 saturated heterocycles. The molecular formula is C15H20N2O3S. The number of nitrogens with two attached hydrogens (primary N) is 1. The highest BCUT2D eigenvalue weighted by Gasteiger charge is 2.18. The van der Waals surface area contributed by atoms with E-state index in [9.17, 15) is 8.42 Å². The number of hydrogen-bond acceptors (Lipinski definition) is 4. The molecule has 0 bridgehead atoms. The lowest BCUT2D eigenvalue weighted by Gasteiger charge is -2.12. The number of aryl methyl sites for hydroxylation is 1. The molecule has 0 saturated carbocycles. The highest BCUT2D eigenvalue weighted by Crippen LogP contribution is 2.17. The van der Waals surface area contributed by atoms with Crippen molar-refractivity contribution in [1.82, 2.24) is 4.72 Å². The highest BCUT2D eigenvalue weighted by atomic mass is 32.2. The van der Waals surface area contributed by atoms with Gasteiger partial charge >= 0.3 is 0 Å². The molecule has 0 spiro atoms. The first-order chi connectivity index (χ1) is 9.89. The van der Waals surface area contributed by atoms with Crippen LogP contribution in [0.1, 0.15) is 35.6 Å². The van der Waals surface area contributed by atoms with E-state index in [4.69, 9.17) is 10.2 Å². The van der Waals surface area contributed by atoms with Crippen LogP contribution in [0.2, 0.25) is 0 Å². The second-order valence-electron chi connectivity index (χ2n) is 5.07. The van der Waals surface area contributed by atoms with Gasteiger partial charge in [0.15, 0.2) is 0 Å². The van der Waals surface area contributed by atoms with E-state index >= 15 is 0 Å². The third-order valence-electron chi connectivity index (χ3n) is 3.13. The molecule has 1 unspecified atom stereocenters. The molecule has 5 nitrogen and oxygen atoms in total. The molecule has 0 aliphatic rings. The van der Waals surface area contributed by atoms with Crippen molar-refractivity contribution in [3.8, 4) is 0 Å². The third-order valence-corrected chi connectivity index (χ3v) is 4.55. The summed E-state index contributed by atoms with van der Waals surface area (Å²) in [5, 5.41) is 0. The summed E-state index contributed by atoms with van der Waals surface area (Å²) in [6, 6.07) is 10.5. The Morgan fingerprint density at radius 3 is 2.57 bits per heavy atom. The Balaban J connectivity index is 2.07. The Hall–Kier alpha value is -1.63. The maximum Gasteiger partial charge on any atom is 0.216 e. The molecule has 1 aromatic carbocycles. The topological polar surface area (TPSA) is 85.3 Å². The van der Waals surface area contributed by atoms with Gasteiger partial charge in [0.05, 0.1) is 11.8 Å². The Bertz CT molecular complexity index is 707. The van der Waals surface area contributed by atoms with Crippen LogP contribution in [0.25, 0.3) is 0 Å². The predicted molar refractivity (Wildman–Crippen MR) is 82.0 cm³/mol. The SMILES string of the molecule is Cc1ccc(C(C)NS(=O)(=O)Cc2cccc(CN)c2)o1. The van der Waals surface area contributed by atoms with Crippen molar-refractivity contribution in [1.29, 1.82) is 0 Å². The van der Waals surface area contributed by atoms with Gasteiger partial charge in [-0.05, 0) is 37.1 Å². The van der Waals surface area contributed by atoms with Crippen molar-refractivity contribution in [3.05, 3.63) is 59.0 Å². The summed E-state index contributed by atoms with van der Waals surface area (Å²) in [5.41, 5.74) is 7.19. The van der Waals surface area contributed by atoms with E-state index in [0.29, 0.717) is 17.9 Å². The first kappa shape index (κ1) is 15.8. The fraction of sp³-hybridized carbons (Fsp3) is 0.333. The predicted octanol–water partition coefficient (Wildman–Crippen LogP) is 2.23. The van der Waals surface area contributed by atoms with Gasteiger partial charge in [0.25, 0.3) is 0 Å². The van der Waals surface area contributed by atoms with E-state index in [-0.39, 0.29) is 5.75 Å². The van der Waals surface area contributed by atoms with Crippen LogP contribution in [0.15, 0.2) is 40.8 Å². The average Bonchev–Trinajstić information content (AvgIpc) is 2.84. The fourth-order valence-corrected chi connectivity index (χ4v) is 3.48. The van der Waals surface area contributed by atoms with Gasteiger partial charge in [-0.2, -0.15) is 0 Å². The van der Waals surface area contributed by atoms with Gasteiger partial charge in [0.1, 0.15) is 11.5 Å². The van der Waals surface area contributed by atoms with E-state index in [1.807, 2.05) is 25.1 Å². The van der Waals surface area contributed by atoms with Crippen LogP contribution in [-0.2, 0) is 22.3 Å². The quantitative estimate of drug-likeness (QED) is 0.857. The highest BCUT2D eigenvalue weighted by molar-refractivity contribution is 7.88. The minimum Gasteiger partial charge on any atom is -0.465 e. The first-order valence-corrected chi connectivity index (χ1v) is 8.39. The lowest BCUT2D eigenvalue weighted by Crippen LogP contribution is -2.27. The van der Waals surface area contributed by atoms with Crippen LogP contribution < -0.4 is 10.5 Å². The van der Waals surface area contributed by atoms with Gasteiger partial charge in [-0.15, -0.1) is 0 Å². The zero-order valence-electron chi connectivity index (χ0n) is 12.2. The lowest BCUT2D eigenvalue weighted by atomic mass is 10.1. The van der Waals surface area contributed by atoms with Gasteiger partial charge in [0, 0.05) is 6.54 Å². The smallest absolute Gasteiger partial charge is 0.216 e. The van der Waals surface area contributed by atoms with Gasteiger partial charge < -0.3 is 10.2 Å². The Kier molecular flexibility index (Phi) is 4.82. The summed E-state index contributed by atoms with van der Waals surface area (Å²) in [6.07, 6.45) is 0. The molecule has 1 atom stereocenters. The average molecular weight is 308 g/mol. The van der Waals surface area contributed by atoms with Crippen LogP contribution in [-0.4, -0.2) is 8.42 Å². The van der Waals surface area contributed by atoms with E-state index in [2.05, 4.69) is 4.72 Å². The summed E-state index contributed by atoms with van der Waals surface area (Å²) in [5.74, 6) is 1.28. The Morgan fingerprint density at radius 2 is 1.95 bits per heavy atom. The van der Waals surface area contributed by atoms with Crippen LogP contribution in [0.3, 0.4) is 0 Å². The number of rotatable bonds is 6. The van der Waals surface area contributed by atoms with Crippen molar-refractivity contribution in [2.24, 2.45) is 5.73 Å². The second-order valence-corrected chi connectivity index (χ2v) is 6.82. The number of nitrogens with one attached hydrogen (secondary N) is 1. The van der Waals surface area contributed by atoms with Crippen LogP contribution >= 0.6 is 0 Å². The molecule has 2 aromatic rings. The zero-order chi connectivity index (χ0) is 15.5. The van der Waals surface area contributed by atoms with E-state index in [1.54, 1.807) is 25.1 Å². The molecular weight excluding hydrogens is 288 g/mol. The lowest BCUT2D eigenvalue weighted by molar-refractivity contribution is 0.441. The molecule has 0 fully saturated rings. The largest absolute Gasteiger partial charge is 0.465 e. The number of sulfonamides is 1. The fourth-order valence-electron chi connectivity index (χ4n) is 2.12. The Labute approximate surface area is 125 Å². The number of benzene rings is 1. The van der Waals surface area contributed by atoms with Crippen molar-refractivity contribution < 1.29 is 12.8 Å². The zero-order valence-corrected chi connectivity index (χ0v) is 13.0. The molecule has 1 heterocycles. The molecule has 114 valence electrons. The van der Waals surface area contributed by atoms with Gasteiger partial charge in [-0.25, -0.2) is 13.1 Å². The first-order valence-electron chi connectivity index (χ1n) is 6.74. The molecule has 21 heavy (non-hydrogen) atoms. The molecule has 0 aliphatic heterocycles. The summed E-state index contributed by atoms with van der Waals surface area (Å²) in [6.45, 7) is 3.97. The summed E-state index contributed by atoms with van der Waals surface area (Å²) >= 11 is 0. The minimum absolute atomic E-state index is 0.0785. The molecule has 3 N–H and O–H groups in total. The molecule has 1 aromatic heterocycles. The molecule has 6 heteroatoms. The molecule has 0 aliphatic carbocycles. The summed E-state index contributed by atoms with van der Waals surface area (Å²) in [7, 11) is -3.45. The van der Waals surface area contributed by atoms with E-state index in [1.165, 1.54) is 0 Å². The maximum atomic E-state index is 12.2. The monoisotopic (exact) mass is 308 g/mol.